The molecule has 1 atom stereocenters. The maximum atomic E-state index is 12.2. The number of benzene rings is 1. The Hall–Kier alpha value is -2.04. The largest absolute Gasteiger partial charge is 0.462 e. The predicted molar refractivity (Wildman–Crippen MR) is 96.5 cm³/mol. The summed E-state index contributed by atoms with van der Waals surface area (Å²) >= 11 is 0. The fraction of sp³-hybridized carbons (Fsp3) is 0.600. The van der Waals surface area contributed by atoms with E-state index in [0.717, 1.165) is 38.8 Å². The van der Waals surface area contributed by atoms with Crippen LogP contribution in [-0.2, 0) is 9.47 Å². The van der Waals surface area contributed by atoms with Crippen LogP contribution >= 0.6 is 0 Å². The standard InChI is InChI=1S/C20H29NO4/c1-20(2,3)25-19(23)21-13-7-9-16(15-21)10-8-14-24-18(22)17-11-5-4-6-12-17/h4-6,11-12,16H,7-10,13-15H2,1-3H3/t16-/m1/s1. The quantitative estimate of drug-likeness (QED) is 0.589. The van der Waals surface area contributed by atoms with Crippen molar-refractivity contribution in [1.82, 2.24) is 4.90 Å². The summed E-state index contributed by atoms with van der Waals surface area (Å²) in [7, 11) is 0. The number of rotatable bonds is 5. The zero-order valence-electron chi connectivity index (χ0n) is 15.5. The van der Waals surface area contributed by atoms with E-state index in [1.807, 2.05) is 39.0 Å². The van der Waals surface area contributed by atoms with Crippen LogP contribution in [0.25, 0.3) is 0 Å². The van der Waals surface area contributed by atoms with E-state index in [9.17, 15) is 9.59 Å². The molecule has 0 unspecified atom stereocenters. The second-order valence-electron chi connectivity index (χ2n) is 7.58. The van der Waals surface area contributed by atoms with Gasteiger partial charge in [-0.05, 0) is 64.5 Å². The van der Waals surface area contributed by atoms with Gasteiger partial charge in [0.1, 0.15) is 5.60 Å². The first-order valence-electron chi connectivity index (χ1n) is 9.05. The number of piperidine rings is 1. The van der Waals surface area contributed by atoms with Crippen molar-refractivity contribution in [3.8, 4) is 0 Å². The highest BCUT2D eigenvalue weighted by Crippen LogP contribution is 2.22. The van der Waals surface area contributed by atoms with Crippen molar-refractivity contribution in [2.24, 2.45) is 5.92 Å². The van der Waals surface area contributed by atoms with Gasteiger partial charge in [0.15, 0.2) is 0 Å². The number of nitrogens with zero attached hydrogens (tertiary/aromatic N) is 1. The van der Waals surface area contributed by atoms with Gasteiger partial charge < -0.3 is 14.4 Å². The normalized spacial score (nSPS) is 17.9. The number of esters is 1. The Balaban J connectivity index is 1.69. The molecular weight excluding hydrogens is 318 g/mol. The van der Waals surface area contributed by atoms with Crippen molar-refractivity contribution < 1.29 is 19.1 Å². The van der Waals surface area contributed by atoms with Crippen molar-refractivity contribution in [2.45, 2.75) is 52.1 Å². The van der Waals surface area contributed by atoms with Crippen LogP contribution in [0.15, 0.2) is 30.3 Å². The smallest absolute Gasteiger partial charge is 0.410 e. The van der Waals surface area contributed by atoms with E-state index in [1.165, 1.54) is 0 Å². The molecule has 1 aliphatic rings. The van der Waals surface area contributed by atoms with Gasteiger partial charge in [-0.2, -0.15) is 0 Å². The summed E-state index contributed by atoms with van der Waals surface area (Å²) in [6, 6.07) is 9.02. The molecule has 1 amide bonds. The van der Waals surface area contributed by atoms with Gasteiger partial charge in [0.25, 0.3) is 0 Å². The van der Waals surface area contributed by atoms with Gasteiger partial charge in [-0.3, -0.25) is 0 Å². The fourth-order valence-corrected chi connectivity index (χ4v) is 2.99. The van der Waals surface area contributed by atoms with Gasteiger partial charge in [-0.25, -0.2) is 9.59 Å². The van der Waals surface area contributed by atoms with Gasteiger partial charge in [0.2, 0.25) is 0 Å². The molecule has 0 N–H and O–H groups in total. The molecule has 0 aliphatic carbocycles. The maximum absolute atomic E-state index is 12.2. The monoisotopic (exact) mass is 347 g/mol. The first kappa shape index (κ1) is 19.3. The third-order valence-electron chi connectivity index (χ3n) is 4.17. The van der Waals surface area contributed by atoms with Gasteiger partial charge in [-0.15, -0.1) is 0 Å². The Bertz CT molecular complexity index is 565. The van der Waals surface area contributed by atoms with Crippen molar-refractivity contribution in [3.05, 3.63) is 35.9 Å². The summed E-state index contributed by atoms with van der Waals surface area (Å²) in [5.74, 6) is 0.163. The summed E-state index contributed by atoms with van der Waals surface area (Å²) in [4.78, 5) is 25.8. The molecular formula is C20H29NO4. The second-order valence-corrected chi connectivity index (χ2v) is 7.58. The lowest BCUT2D eigenvalue weighted by Crippen LogP contribution is -2.42. The molecule has 2 rings (SSSR count). The molecule has 1 aromatic carbocycles. The summed E-state index contributed by atoms with van der Waals surface area (Å²) < 4.78 is 10.8. The molecule has 0 bridgehead atoms. The number of ether oxygens (including phenoxy) is 2. The maximum Gasteiger partial charge on any atom is 0.410 e. The number of amides is 1. The molecule has 25 heavy (non-hydrogen) atoms. The molecule has 138 valence electrons. The van der Waals surface area contributed by atoms with Crippen LogP contribution in [0, 0.1) is 5.92 Å². The van der Waals surface area contributed by atoms with Crippen LogP contribution in [0.1, 0.15) is 56.8 Å². The number of carbonyl (C=O) groups excluding carboxylic acids is 2. The predicted octanol–water partition coefficient (Wildman–Crippen LogP) is 4.27. The topological polar surface area (TPSA) is 55.8 Å². The molecule has 1 saturated heterocycles. The highest BCUT2D eigenvalue weighted by atomic mass is 16.6. The minimum Gasteiger partial charge on any atom is -0.462 e. The molecule has 0 saturated carbocycles. The molecule has 0 aromatic heterocycles. The van der Waals surface area contributed by atoms with Crippen LogP contribution in [0.4, 0.5) is 4.79 Å². The summed E-state index contributed by atoms with van der Waals surface area (Å²) in [5.41, 5.74) is 0.117. The number of hydrogen-bond donors (Lipinski definition) is 0. The summed E-state index contributed by atoms with van der Waals surface area (Å²) in [6.07, 6.45) is 3.62. The van der Waals surface area contributed by atoms with Crippen molar-refractivity contribution >= 4 is 12.1 Å². The molecule has 5 nitrogen and oxygen atoms in total. The van der Waals surface area contributed by atoms with Crippen LogP contribution in [-0.4, -0.2) is 42.3 Å². The zero-order valence-corrected chi connectivity index (χ0v) is 15.5. The van der Waals surface area contributed by atoms with Gasteiger partial charge in [0.05, 0.1) is 12.2 Å². The van der Waals surface area contributed by atoms with E-state index in [-0.39, 0.29) is 12.1 Å². The summed E-state index contributed by atoms with van der Waals surface area (Å²) in [5, 5.41) is 0. The number of likely N-dealkylation sites (tertiary alicyclic amines) is 1. The highest BCUT2D eigenvalue weighted by molar-refractivity contribution is 5.89. The first-order chi connectivity index (χ1) is 11.8. The molecule has 0 spiro atoms. The molecule has 1 fully saturated rings. The van der Waals surface area contributed by atoms with Gasteiger partial charge in [0, 0.05) is 13.1 Å². The lowest BCUT2D eigenvalue weighted by molar-refractivity contribution is 0.0157. The Morgan fingerprint density at radius 1 is 1.20 bits per heavy atom. The minimum absolute atomic E-state index is 0.229. The Morgan fingerprint density at radius 2 is 1.92 bits per heavy atom. The van der Waals surface area contributed by atoms with E-state index < -0.39 is 5.60 Å². The third-order valence-corrected chi connectivity index (χ3v) is 4.17. The minimum atomic E-state index is -0.463. The fourth-order valence-electron chi connectivity index (χ4n) is 2.99. The Morgan fingerprint density at radius 3 is 2.60 bits per heavy atom. The Kier molecular flexibility index (Phi) is 6.85. The average Bonchev–Trinajstić information content (AvgIpc) is 2.58. The lowest BCUT2D eigenvalue weighted by Gasteiger charge is -2.34. The van der Waals surface area contributed by atoms with Gasteiger partial charge >= 0.3 is 12.1 Å². The molecule has 1 aromatic rings. The number of carbonyl (C=O) groups is 2. The van der Waals surface area contributed by atoms with E-state index in [4.69, 9.17) is 9.47 Å². The van der Waals surface area contributed by atoms with E-state index >= 15 is 0 Å². The van der Waals surface area contributed by atoms with E-state index in [2.05, 4.69) is 0 Å². The lowest BCUT2D eigenvalue weighted by atomic mass is 9.94. The number of hydrogen-bond acceptors (Lipinski definition) is 4. The van der Waals surface area contributed by atoms with E-state index in [1.54, 1.807) is 17.0 Å². The first-order valence-corrected chi connectivity index (χ1v) is 9.05. The second kappa shape index (κ2) is 8.88. The molecule has 5 heteroatoms. The zero-order chi connectivity index (χ0) is 18.3. The third kappa shape index (κ3) is 6.77. The van der Waals surface area contributed by atoms with Gasteiger partial charge in [-0.1, -0.05) is 18.2 Å². The molecule has 1 heterocycles. The Labute approximate surface area is 150 Å². The van der Waals surface area contributed by atoms with Crippen LogP contribution in [0.2, 0.25) is 0 Å². The molecule has 1 aliphatic heterocycles. The van der Waals surface area contributed by atoms with Crippen LogP contribution in [0.5, 0.6) is 0 Å². The SMILES string of the molecule is CC(C)(C)OC(=O)N1CCC[C@H](CCCOC(=O)c2ccccc2)C1. The summed E-state index contributed by atoms with van der Waals surface area (Å²) in [6.45, 7) is 7.54. The average molecular weight is 347 g/mol. The van der Waals surface area contributed by atoms with Crippen molar-refractivity contribution in [2.75, 3.05) is 19.7 Å². The highest BCUT2D eigenvalue weighted by Gasteiger charge is 2.27. The van der Waals surface area contributed by atoms with Crippen molar-refractivity contribution in [1.29, 1.82) is 0 Å². The van der Waals surface area contributed by atoms with E-state index in [0.29, 0.717) is 18.1 Å². The van der Waals surface area contributed by atoms with Crippen LogP contribution in [0.3, 0.4) is 0 Å². The van der Waals surface area contributed by atoms with Crippen molar-refractivity contribution in [3.63, 3.8) is 0 Å². The van der Waals surface area contributed by atoms with Crippen LogP contribution < -0.4 is 0 Å². The molecule has 0 radical (unpaired) electrons.